The molecule has 1 aliphatic carbocycles. The predicted octanol–water partition coefficient (Wildman–Crippen LogP) is 1.97. The monoisotopic (exact) mass is 325 g/mol. The highest BCUT2D eigenvalue weighted by molar-refractivity contribution is 5.81. The standard InChI is InChI=1S/C17H31N3O3/c1-12(18)15(21)19-9-7-13(8-10-19)11-20(14-5-6-14)16(22)23-17(2,3)4/h12-14H,5-11,18H2,1-4H3. The second kappa shape index (κ2) is 7.07. The van der Waals surface area contributed by atoms with Crippen molar-refractivity contribution in [1.82, 2.24) is 9.80 Å². The molecule has 0 aromatic heterocycles. The molecule has 1 aliphatic heterocycles. The fourth-order valence-electron chi connectivity index (χ4n) is 2.98. The van der Waals surface area contributed by atoms with Gasteiger partial charge in [0.2, 0.25) is 5.91 Å². The smallest absolute Gasteiger partial charge is 0.410 e. The summed E-state index contributed by atoms with van der Waals surface area (Å²) in [7, 11) is 0. The first kappa shape index (κ1) is 18.0. The highest BCUT2D eigenvalue weighted by Gasteiger charge is 2.37. The first-order valence-corrected chi connectivity index (χ1v) is 8.71. The fraction of sp³-hybridized carbons (Fsp3) is 0.882. The van der Waals surface area contributed by atoms with Crippen molar-refractivity contribution >= 4 is 12.0 Å². The van der Waals surface area contributed by atoms with Crippen LogP contribution >= 0.6 is 0 Å². The van der Waals surface area contributed by atoms with E-state index in [4.69, 9.17) is 10.5 Å². The molecule has 132 valence electrons. The normalized spacial score (nSPS) is 21.0. The van der Waals surface area contributed by atoms with Crippen molar-refractivity contribution in [2.45, 2.75) is 71.1 Å². The summed E-state index contributed by atoms with van der Waals surface area (Å²) in [5.41, 5.74) is 5.21. The average molecular weight is 325 g/mol. The number of carbonyl (C=O) groups is 2. The number of amides is 2. The number of nitrogens with zero attached hydrogens (tertiary/aromatic N) is 2. The zero-order valence-electron chi connectivity index (χ0n) is 14.9. The first-order chi connectivity index (χ1) is 10.7. The minimum absolute atomic E-state index is 0.0228. The molecule has 0 aromatic rings. The molecule has 0 radical (unpaired) electrons. The summed E-state index contributed by atoms with van der Waals surface area (Å²) in [6.45, 7) is 9.62. The molecule has 23 heavy (non-hydrogen) atoms. The van der Waals surface area contributed by atoms with Crippen molar-refractivity contribution in [3.8, 4) is 0 Å². The maximum atomic E-state index is 12.4. The topological polar surface area (TPSA) is 75.9 Å². The highest BCUT2D eigenvalue weighted by Crippen LogP contribution is 2.31. The zero-order chi connectivity index (χ0) is 17.2. The molecule has 2 N–H and O–H groups in total. The lowest BCUT2D eigenvalue weighted by molar-refractivity contribution is -0.133. The zero-order valence-corrected chi connectivity index (χ0v) is 14.9. The van der Waals surface area contributed by atoms with Crippen LogP contribution in [-0.4, -0.2) is 59.1 Å². The van der Waals surface area contributed by atoms with Crippen LogP contribution in [0, 0.1) is 5.92 Å². The molecule has 2 amide bonds. The van der Waals surface area contributed by atoms with E-state index in [9.17, 15) is 9.59 Å². The van der Waals surface area contributed by atoms with Crippen LogP contribution in [0.15, 0.2) is 0 Å². The average Bonchev–Trinajstić information content (AvgIpc) is 3.27. The molecule has 1 unspecified atom stereocenters. The van der Waals surface area contributed by atoms with E-state index in [0.717, 1.165) is 45.3 Å². The van der Waals surface area contributed by atoms with Crippen LogP contribution in [0.5, 0.6) is 0 Å². The predicted molar refractivity (Wildman–Crippen MR) is 88.9 cm³/mol. The van der Waals surface area contributed by atoms with Gasteiger partial charge in [-0.25, -0.2) is 4.79 Å². The van der Waals surface area contributed by atoms with Gasteiger partial charge in [-0.2, -0.15) is 0 Å². The Bertz CT molecular complexity index is 433. The van der Waals surface area contributed by atoms with Gasteiger partial charge < -0.3 is 20.3 Å². The third-order valence-corrected chi connectivity index (χ3v) is 4.39. The van der Waals surface area contributed by atoms with Gasteiger partial charge in [-0.3, -0.25) is 4.79 Å². The van der Waals surface area contributed by atoms with E-state index in [1.165, 1.54) is 0 Å². The van der Waals surface area contributed by atoms with Crippen molar-refractivity contribution in [1.29, 1.82) is 0 Å². The Morgan fingerprint density at radius 3 is 2.22 bits per heavy atom. The number of ether oxygens (including phenoxy) is 1. The van der Waals surface area contributed by atoms with Crippen LogP contribution in [-0.2, 0) is 9.53 Å². The summed E-state index contributed by atoms with van der Waals surface area (Å²) >= 11 is 0. The van der Waals surface area contributed by atoms with Crippen LogP contribution in [0.25, 0.3) is 0 Å². The Morgan fingerprint density at radius 2 is 1.78 bits per heavy atom. The molecule has 6 heteroatoms. The second-order valence-corrected chi connectivity index (χ2v) is 7.92. The fourth-order valence-corrected chi connectivity index (χ4v) is 2.98. The molecule has 2 aliphatic rings. The van der Waals surface area contributed by atoms with E-state index in [0.29, 0.717) is 12.0 Å². The number of nitrogens with two attached hydrogens (primary N) is 1. The van der Waals surface area contributed by atoms with Gasteiger partial charge >= 0.3 is 6.09 Å². The van der Waals surface area contributed by atoms with Gasteiger partial charge in [0.1, 0.15) is 5.60 Å². The summed E-state index contributed by atoms with van der Waals surface area (Å²) in [5, 5.41) is 0. The molecule has 1 heterocycles. The second-order valence-electron chi connectivity index (χ2n) is 7.92. The number of likely N-dealkylation sites (tertiary alicyclic amines) is 1. The number of rotatable bonds is 4. The Morgan fingerprint density at radius 1 is 1.22 bits per heavy atom. The van der Waals surface area contributed by atoms with Crippen molar-refractivity contribution in [2.24, 2.45) is 11.7 Å². The SMILES string of the molecule is CC(N)C(=O)N1CCC(CN(C(=O)OC(C)(C)C)C2CC2)CC1. The van der Waals surface area contributed by atoms with Gasteiger partial charge in [-0.05, 0) is 59.3 Å². The van der Waals surface area contributed by atoms with E-state index >= 15 is 0 Å². The lowest BCUT2D eigenvalue weighted by atomic mass is 9.95. The van der Waals surface area contributed by atoms with Crippen LogP contribution in [0.1, 0.15) is 53.4 Å². The van der Waals surface area contributed by atoms with Crippen LogP contribution < -0.4 is 5.73 Å². The molecular formula is C17H31N3O3. The first-order valence-electron chi connectivity index (χ1n) is 8.71. The molecule has 2 rings (SSSR count). The van der Waals surface area contributed by atoms with E-state index in [1.54, 1.807) is 6.92 Å². The minimum Gasteiger partial charge on any atom is -0.444 e. The number of carbonyl (C=O) groups excluding carboxylic acids is 2. The lowest BCUT2D eigenvalue weighted by Gasteiger charge is -2.36. The molecule has 6 nitrogen and oxygen atoms in total. The molecule has 0 aromatic carbocycles. The van der Waals surface area contributed by atoms with Crippen molar-refractivity contribution in [3.63, 3.8) is 0 Å². The minimum atomic E-state index is -0.461. The summed E-state index contributed by atoms with van der Waals surface area (Å²) in [4.78, 5) is 28.1. The third-order valence-electron chi connectivity index (χ3n) is 4.39. The van der Waals surface area contributed by atoms with Gasteiger partial charge in [0.15, 0.2) is 0 Å². The third kappa shape index (κ3) is 5.37. The number of hydrogen-bond acceptors (Lipinski definition) is 4. The van der Waals surface area contributed by atoms with Crippen molar-refractivity contribution in [2.75, 3.05) is 19.6 Å². The lowest BCUT2D eigenvalue weighted by Crippen LogP contribution is -2.48. The maximum Gasteiger partial charge on any atom is 0.410 e. The summed E-state index contributed by atoms with van der Waals surface area (Å²) in [6, 6.07) is -0.0927. The van der Waals surface area contributed by atoms with Gasteiger partial charge in [0.05, 0.1) is 6.04 Å². The Balaban J connectivity index is 1.85. The largest absolute Gasteiger partial charge is 0.444 e. The molecule has 0 bridgehead atoms. The molecule has 1 saturated carbocycles. The maximum absolute atomic E-state index is 12.4. The van der Waals surface area contributed by atoms with Gasteiger partial charge in [-0.1, -0.05) is 0 Å². The Kier molecular flexibility index (Phi) is 5.55. The van der Waals surface area contributed by atoms with E-state index in [2.05, 4.69) is 0 Å². The molecular weight excluding hydrogens is 294 g/mol. The van der Waals surface area contributed by atoms with E-state index in [-0.39, 0.29) is 12.0 Å². The summed E-state index contributed by atoms with van der Waals surface area (Å²) < 4.78 is 5.54. The van der Waals surface area contributed by atoms with Crippen molar-refractivity contribution < 1.29 is 14.3 Å². The summed E-state index contributed by atoms with van der Waals surface area (Å²) in [5.74, 6) is 0.454. The van der Waals surface area contributed by atoms with Gasteiger partial charge in [0, 0.05) is 25.7 Å². The van der Waals surface area contributed by atoms with Gasteiger partial charge in [-0.15, -0.1) is 0 Å². The van der Waals surface area contributed by atoms with E-state index in [1.807, 2.05) is 30.6 Å². The van der Waals surface area contributed by atoms with Crippen molar-refractivity contribution in [3.05, 3.63) is 0 Å². The number of piperidine rings is 1. The van der Waals surface area contributed by atoms with Crippen LogP contribution in [0.3, 0.4) is 0 Å². The quantitative estimate of drug-likeness (QED) is 0.857. The Labute approximate surface area is 139 Å². The molecule has 0 spiro atoms. The molecule has 1 saturated heterocycles. The van der Waals surface area contributed by atoms with Crippen LogP contribution in [0.4, 0.5) is 4.79 Å². The number of hydrogen-bond donors (Lipinski definition) is 1. The van der Waals surface area contributed by atoms with Crippen LogP contribution in [0.2, 0.25) is 0 Å². The van der Waals surface area contributed by atoms with Gasteiger partial charge in [0.25, 0.3) is 0 Å². The van der Waals surface area contributed by atoms with E-state index < -0.39 is 11.6 Å². The highest BCUT2D eigenvalue weighted by atomic mass is 16.6. The molecule has 2 fully saturated rings. The summed E-state index contributed by atoms with van der Waals surface area (Å²) in [6.07, 6.45) is 3.78. The Hall–Kier alpha value is -1.30. The molecule has 1 atom stereocenters.